The molecular weight excluding hydrogens is 295 g/mol. The molecule has 0 spiro atoms. The van der Waals surface area contributed by atoms with Crippen LogP contribution in [0.1, 0.15) is 17.4 Å². The van der Waals surface area contributed by atoms with Crippen molar-refractivity contribution in [2.24, 2.45) is 0 Å². The van der Waals surface area contributed by atoms with Crippen molar-refractivity contribution in [3.05, 3.63) is 27.9 Å². The Morgan fingerprint density at radius 1 is 1.48 bits per heavy atom. The molecule has 0 aliphatic heterocycles. The van der Waals surface area contributed by atoms with Gasteiger partial charge in [0.05, 0.1) is 12.0 Å². The van der Waals surface area contributed by atoms with Crippen LogP contribution in [0.25, 0.3) is 0 Å². The Hall–Kier alpha value is -2.39. The number of carbonyl (C=O) groups excluding carboxylic acids is 1. The first-order chi connectivity index (χ1) is 9.69. The SMILES string of the molecule is CCN(CC(F)(F)F)c1nc(C(=O)OC)ccc1[N+](=O)[O-]. The van der Waals surface area contributed by atoms with Gasteiger partial charge in [-0.25, -0.2) is 9.78 Å². The highest BCUT2D eigenvalue weighted by Crippen LogP contribution is 2.29. The summed E-state index contributed by atoms with van der Waals surface area (Å²) in [7, 11) is 1.07. The third-order valence-electron chi connectivity index (χ3n) is 2.50. The van der Waals surface area contributed by atoms with Crippen molar-refractivity contribution in [1.29, 1.82) is 0 Å². The average Bonchev–Trinajstić information content (AvgIpc) is 2.42. The first-order valence-electron chi connectivity index (χ1n) is 5.75. The lowest BCUT2D eigenvalue weighted by atomic mass is 10.3. The summed E-state index contributed by atoms with van der Waals surface area (Å²) >= 11 is 0. The molecule has 1 heterocycles. The molecule has 21 heavy (non-hydrogen) atoms. The molecule has 0 aromatic carbocycles. The smallest absolute Gasteiger partial charge is 0.405 e. The average molecular weight is 307 g/mol. The van der Waals surface area contributed by atoms with Crippen molar-refractivity contribution < 1.29 is 27.6 Å². The molecule has 0 saturated carbocycles. The second-order valence-corrected chi connectivity index (χ2v) is 3.92. The standard InChI is InChI=1S/C11H12F3N3O4/c1-3-16(6-11(12,13)14)9-8(17(19)20)5-4-7(15-9)10(18)21-2/h4-5H,3,6H2,1-2H3. The summed E-state index contributed by atoms with van der Waals surface area (Å²) < 4.78 is 41.9. The third-order valence-corrected chi connectivity index (χ3v) is 2.50. The first kappa shape index (κ1) is 16.7. The van der Waals surface area contributed by atoms with Crippen LogP contribution in [0, 0.1) is 10.1 Å². The van der Waals surface area contributed by atoms with E-state index in [4.69, 9.17) is 0 Å². The van der Waals surface area contributed by atoms with Crippen molar-refractivity contribution in [2.75, 3.05) is 25.1 Å². The van der Waals surface area contributed by atoms with Crippen molar-refractivity contribution in [2.45, 2.75) is 13.1 Å². The van der Waals surface area contributed by atoms with Crippen LogP contribution in [-0.2, 0) is 4.74 Å². The molecule has 0 N–H and O–H groups in total. The molecular formula is C11H12F3N3O4. The van der Waals surface area contributed by atoms with Crippen LogP contribution in [-0.4, -0.2) is 42.3 Å². The quantitative estimate of drug-likeness (QED) is 0.471. The van der Waals surface area contributed by atoms with Crippen molar-refractivity contribution in [1.82, 2.24) is 4.98 Å². The highest BCUT2D eigenvalue weighted by molar-refractivity contribution is 5.88. The summed E-state index contributed by atoms with van der Waals surface area (Å²) in [5, 5.41) is 10.9. The Kier molecular flexibility index (Phi) is 5.06. The summed E-state index contributed by atoms with van der Waals surface area (Å²) in [4.78, 5) is 25.7. The number of hydrogen-bond acceptors (Lipinski definition) is 6. The molecule has 0 unspecified atom stereocenters. The number of ether oxygens (including phenoxy) is 1. The van der Waals surface area contributed by atoms with Gasteiger partial charge >= 0.3 is 17.8 Å². The Morgan fingerprint density at radius 3 is 2.52 bits per heavy atom. The van der Waals surface area contributed by atoms with Crippen molar-refractivity contribution >= 4 is 17.5 Å². The Morgan fingerprint density at radius 2 is 2.10 bits per heavy atom. The largest absolute Gasteiger partial charge is 0.464 e. The van der Waals surface area contributed by atoms with Crippen molar-refractivity contribution in [3.8, 4) is 0 Å². The molecule has 0 saturated heterocycles. The number of halogens is 3. The fourth-order valence-electron chi connectivity index (χ4n) is 1.59. The predicted molar refractivity (Wildman–Crippen MR) is 66.2 cm³/mol. The van der Waals surface area contributed by atoms with E-state index >= 15 is 0 Å². The molecule has 0 aliphatic carbocycles. The molecule has 0 bridgehead atoms. The molecule has 0 atom stereocenters. The van der Waals surface area contributed by atoms with Crippen LogP contribution in [0.2, 0.25) is 0 Å². The Bertz CT molecular complexity index is 548. The van der Waals surface area contributed by atoms with Crippen LogP contribution < -0.4 is 4.90 Å². The Balaban J connectivity index is 3.33. The number of nitro groups is 1. The summed E-state index contributed by atoms with van der Waals surface area (Å²) in [6.45, 7) is -0.193. The van der Waals surface area contributed by atoms with E-state index in [0.717, 1.165) is 19.2 Å². The van der Waals surface area contributed by atoms with E-state index < -0.39 is 35.1 Å². The van der Waals surface area contributed by atoms with Crippen LogP contribution in [0.4, 0.5) is 24.7 Å². The number of hydrogen-bond donors (Lipinski definition) is 0. The monoisotopic (exact) mass is 307 g/mol. The number of nitrogens with zero attached hydrogens (tertiary/aromatic N) is 3. The maximum Gasteiger partial charge on any atom is 0.405 e. The maximum absolute atomic E-state index is 12.5. The molecule has 116 valence electrons. The fourth-order valence-corrected chi connectivity index (χ4v) is 1.59. The summed E-state index contributed by atoms with van der Waals surface area (Å²) in [5.41, 5.74) is -0.924. The molecule has 1 aromatic rings. The van der Waals surface area contributed by atoms with Crippen LogP contribution in [0.3, 0.4) is 0 Å². The molecule has 0 amide bonds. The van der Waals surface area contributed by atoms with E-state index in [-0.39, 0.29) is 12.2 Å². The van der Waals surface area contributed by atoms with Gasteiger partial charge in [-0.3, -0.25) is 10.1 Å². The van der Waals surface area contributed by atoms with E-state index in [1.165, 1.54) is 6.92 Å². The van der Waals surface area contributed by atoms with Gasteiger partial charge in [-0.05, 0) is 13.0 Å². The van der Waals surface area contributed by atoms with Gasteiger partial charge in [0, 0.05) is 12.6 Å². The number of rotatable bonds is 5. The third kappa shape index (κ3) is 4.29. The molecule has 0 radical (unpaired) electrons. The van der Waals surface area contributed by atoms with Crippen LogP contribution in [0.15, 0.2) is 12.1 Å². The van der Waals surface area contributed by atoms with E-state index in [9.17, 15) is 28.1 Å². The van der Waals surface area contributed by atoms with E-state index in [1.807, 2.05) is 0 Å². The van der Waals surface area contributed by atoms with E-state index in [2.05, 4.69) is 9.72 Å². The predicted octanol–water partition coefficient (Wildman–Crippen LogP) is 2.17. The van der Waals surface area contributed by atoms with E-state index in [1.54, 1.807) is 0 Å². The molecule has 0 aliphatic rings. The molecule has 7 nitrogen and oxygen atoms in total. The molecule has 1 aromatic heterocycles. The zero-order valence-electron chi connectivity index (χ0n) is 11.2. The minimum Gasteiger partial charge on any atom is -0.464 e. The van der Waals surface area contributed by atoms with Gasteiger partial charge in [0.15, 0.2) is 5.69 Å². The first-order valence-corrected chi connectivity index (χ1v) is 5.75. The summed E-state index contributed by atoms with van der Waals surface area (Å²) in [6.07, 6.45) is -4.56. The van der Waals surface area contributed by atoms with Gasteiger partial charge in [0.2, 0.25) is 5.82 Å². The maximum atomic E-state index is 12.5. The highest BCUT2D eigenvalue weighted by Gasteiger charge is 2.34. The number of alkyl halides is 3. The van der Waals surface area contributed by atoms with Gasteiger partial charge in [-0.15, -0.1) is 0 Å². The van der Waals surface area contributed by atoms with Gasteiger partial charge in [0.25, 0.3) is 0 Å². The number of pyridine rings is 1. The van der Waals surface area contributed by atoms with Gasteiger partial charge in [-0.1, -0.05) is 0 Å². The minimum absolute atomic E-state index is 0.169. The molecule has 0 fully saturated rings. The van der Waals surface area contributed by atoms with E-state index in [0.29, 0.717) is 4.90 Å². The number of esters is 1. The number of methoxy groups -OCH3 is 1. The lowest BCUT2D eigenvalue weighted by Crippen LogP contribution is -2.35. The zero-order valence-corrected chi connectivity index (χ0v) is 11.2. The number of anilines is 1. The topological polar surface area (TPSA) is 85.6 Å². The van der Waals surface area contributed by atoms with Gasteiger partial charge in [0.1, 0.15) is 6.54 Å². The van der Waals surface area contributed by atoms with Crippen LogP contribution >= 0.6 is 0 Å². The van der Waals surface area contributed by atoms with Gasteiger partial charge < -0.3 is 9.64 Å². The van der Waals surface area contributed by atoms with Crippen molar-refractivity contribution in [3.63, 3.8) is 0 Å². The lowest BCUT2D eigenvalue weighted by Gasteiger charge is -2.23. The zero-order chi connectivity index (χ0) is 16.2. The number of carbonyl (C=O) groups is 1. The highest BCUT2D eigenvalue weighted by atomic mass is 19.4. The summed E-state index contributed by atoms with van der Waals surface area (Å²) in [6, 6.07) is 1.95. The second kappa shape index (κ2) is 6.37. The van der Waals surface area contributed by atoms with Gasteiger partial charge in [-0.2, -0.15) is 13.2 Å². The fraction of sp³-hybridized carbons (Fsp3) is 0.455. The minimum atomic E-state index is -4.56. The molecule has 1 rings (SSSR count). The normalized spacial score (nSPS) is 11.1. The Labute approximate surface area is 117 Å². The number of aromatic nitrogens is 1. The van der Waals surface area contributed by atoms with Crippen LogP contribution in [0.5, 0.6) is 0 Å². The lowest BCUT2D eigenvalue weighted by molar-refractivity contribution is -0.384. The second-order valence-electron chi connectivity index (χ2n) is 3.92. The molecule has 10 heteroatoms. The summed E-state index contributed by atoms with van der Waals surface area (Å²) in [5.74, 6) is -1.42.